The number of thiocarbonyl (C=S) groups is 1. The highest BCUT2D eigenvalue weighted by atomic mass is 32.1. The maximum Gasteiger partial charge on any atom is 0.164 e. The highest BCUT2D eigenvalue weighted by Crippen LogP contribution is 2.41. The van der Waals surface area contributed by atoms with Gasteiger partial charge in [-0.25, -0.2) is 0 Å². The van der Waals surface area contributed by atoms with E-state index in [1.165, 1.54) is 28.8 Å². The minimum Gasteiger partial charge on any atom is -0.362 e. The third kappa shape index (κ3) is 6.29. The van der Waals surface area contributed by atoms with Crippen molar-refractivity contribution in [3.8, 4) is 0 Å². The molecular formula is C30H37NO2S2. The number of aryl methyl sites for hydroxylation is 1. The fourth-order valence-corrected chi connectivity index (χ4v) is 7.27. The molecule has 35 heavy (non-hydrogen) atoms. The Bertz CT molecular complexity index is 1080. The van der Waals surface area contributed by atoms with Crippen LogP contribution in [-0.4, -0.2) is 28.0 Å². The lowest BCUT2D eigenvalue weighted by molar-refractivity contribution is -0.119. The first kappa shape index (κ1) is 24.8. The summed E-state index contributed by atoms with van der Waals surface area (Å²) in [6.45, 7) is 3.93. The van der Waals surface area contributed by atoms with Gasteiger partial charge in [-0.3, -0.25) is 9.59 Å². The molecular weight excluding hydrogens is 470 g/mol. The Morgan fingerprint density at radius 3 is 2.51 bits per heavy atom. The molecule has 3 nitrogen and oxygen atoms in total. The third-order valence-electron chi connectivity index (χ3n) is 7.97. The van der Waals surface area contributed by atoms with E-state index < -0.39 is 0 Å². The first-order valence-corrected chi connectivity index (χ1v) is 14.7. The second-order valence-corrected chi connectivity index (χ2v) is 12.5. The van der Waals surface area contributed by atoms with Gasteiger partial charge < -0.3 is 4.90 Å². The summed E-state index contributed by atoms with van der Waals surface area (Å²) in [7, 11) is 0. The van der Waals surface area contributed by atoms with Crippen molar-refractivity contribution in [1.82, 2.24) is 4.90 Å². The molecule has 0 spiro atoms. The molecule has 1 aromatic heterocycles. The second kappa shape index (κ2) is 11.0. The van der Waals surface area contributed by atoms with Gasteiger partial charge in [-0.05, 0) is 68.4 Å². The van der Waals surface area contributed by atoms with E-state index in [0.29, 0.717) is 24.5 Å². The van der Waals surface area contributed by atoms with Crippen LogP contribution < -0.4 is 0 Å². The molecule has 0 bridgehead atoms. The van der Waals surface area contributed by atoms with Crippen LogP contribution >= 0.6 is 23.6 Å². The molecule has 0 radical (unpaired) electrons. The van der Waals surface area contributed by atoms with Gasteiger partial charge in [0.2, 0.25) is 0 Å². The van der Waals surface area contributed by atoms with Crippen LogP contribution in [0.4, 0.5) is 0 Å². The normalized spacial score (nSPS) is 19.3. The van der Waals surface area contributed by atoms with E-state index in [9.17, 15) is 9.59 Å². The van der Waals surface area contributed by atoms with Crippen LogP contribution in [-0.2, 0) is 30.6 Å². The fourth-order valence-electron chi connectivity index (χ4n) is 5.47. The zero-order valence-electron chi connectivity index (χ0n) is 20.9. The van der Waals surface area contributed by atoms with Crippen LogP contribution in [0.3, 0.4) is 0 Å². The Labute approximate surface area is 219 Å². The largest absolute Gasteiger partial charge is 0.362 e. The summed E-state index contributed by atoms with van der Waals surface area (Å²) in [6.07, 6.45) is 10.7. The van der Waals surface area contributed by atoms with Crippen molar-refractivity contribution < 1.29 is 9.59 Å². The SMILES string of the molecule is CCN(Cc1ccccc1)C(=S)CC1CCc2sc(CC(=O)C3CC3)c(C(=O)CCC3CC3)c2C1. The number of benzene rings is 1. The Kier molecular flexibility index (Phi) is 7.83. The van der Waals surface area contributed by atoms with E-state index >= 15 is 0 Å². The van der Waals surface area contributed by atoms with Crippen LogP contribution in [0.5, 0.6) is 0 Å². The van der Waals surface area contributed by atoms with Gasteiger partial charge in [0, 0.05) is 53.6 Å². The standard InChI is InChI=1S/C30H37NO2S2/c1-2-31(19-21-6-4-3-5-7-21)29(34)17-22-11-15-27-24(16-22)30(25(32)14-10-20-8-9-20)28(35-27)18-26(33)23-12-13-23/h3-7,20,22-23H,2,8-19H2,1H3. The molecule has 5 rings (SSSR count). The number of rotatable bonds is 12. The predicted octanol–water partition coefficient (Wildman–Crippen LogP) is 6.99. The molecule has 3 aliphatic rings. The zero-order chi connectivity index (χ0) is 24.4. The summed E-state index contributed by atoms with van der Waals surface area (Å²) in [5.41, 5.74) is 3.49. The van der Waals surface area contributed by atoms with Crippen LogP contribution in [0.15, 0.2) is 30.3 Å². The molecule has 0 aliphatic heterocycles. The average molecular weight is 508 g/mol. The van der Waals surface area contributed by atoms with Crippen molar-refractivity contribution in [2.45, 2.75) is 84.1 Å². The summed E-state index contributed by atoms with van der Waals surface area (Å²) < 4.78 is 0. The van der Waals surface area contributed by atoms with Crippen molar-refractivity contribution in [2.24, 2.45) is 17.8 Å². The number of thiophene rings is 1. The van der Waals surface area contributed by atoms with E-state index in [1.807, 2.05) is 0 Å². The summed E-state index contributed by atoms with van der Waals surface area (Å²) in [5, 5.41) is 0. The monoisotopic (exact) mass is 507 g/mol. The van der Waals surface area contributed by atoms with E-state index in [0.717, 1.165) is 79.4 Å². The molecule has 2 saturated carbocycles. The number of nitrogens with zero attached hydrogens (tertiary/aromatic N) is 1. The number of carbonyl (C=O) groups is 2. The number of ketones is 2. The van der Waals surface area contributed by atoms with Crippen LogP contribution in [0, 0.1) is 17.8 Å². The van der Waals surface area contributed by atoms with Gasteiger partial charge in [0.25, 0.3) is 0 Å². The van der Waals surface area contributed by atoms with Crippen molar-refractivity contribution >= 4 is 40.1 Å². The number of fused-ring (bicyclic) bond motifs is 1. The maximum absolute atomic E-state index is 13.4. The first-order valence-electron chi connectivity index (χ1n) is 13.5. The van der Waals surface area contributed by atoms with Crippen LogP contribution in [0.25, 0.3) is 0 Å². The third-order valence-corrected chi connectivity index (χ3v) is 9.69. The van der Waals surface area contributed by atoms with Crippen molar-refractivity contribution in [3.05, 3.63) is 56.8 Å². The topological polar surface area (TPSA) is 37.4 Å². The Morgan fingerprint density at radius 2 is 1.83 bits per heavy atom. The van der Waals surface area contributed by atoms with Gasteiger partial charge in [-0.15, -0.1) is 11.3 Å². The lowest BCUT2D eigenvalue weighted by atomic mass is 9.82. The fraction of sp³-hybridized carbons (Fsp3) is 0.567. The molecule has 1 atom stereocenters. The lowest BCUT2D eigenvalue weighted by Gasteiger charge is -2.29. The van der Waals surface area contributed by atoms with Gasteiger partial charge in [0.15, 0.2) is 5.78 Å². The number of carbonyl (C=O) groups excluding carboxylic acids is 2. The van der Waals surface area contributed by atoms with Gasteiger partial charge in [-0.1, -0.05) is 55.4 Å². The van der Waals surface area contributed by atoms with E-state index in [2.05, 4.69) is 42.2 Å². The van der Waals surface area contributed by atoms with Crippen molar-refractivity contribution in [3.63, 3.8) is 0 Å². The Hall–Kier alpha value is -1.85. The van der Waals surface area contributed by atoms with Gasteiger partial charge in [0.1, 0.15) is 5.78 Å². The number of hydrogen-bond acceptors (Lipinski definition) is 4. The molecule has 5 heteroatoms. The lowest BCUT2D eigenvalue weighted by Crippen LogP contribution is -2.31. The molecule has 1 heterocycles. The van der Waals surface area contributed by atoms with Crippen LogP contribution in [0.1, 0.15) is 89.5 Å². The van der Waals surface area contributed by atoms with Gasteiger partial charge in [-0.2, -0.15) is 0 Å². The van der Waals surface area contributed by atoms with Gasteiger partial charge >= 0.3 is 0 Å². The molecule has 1 unspecified atom stereocenters. The molecule has 2 fully saturated rings. The molecule has 3 aliphatic carbocycles. The highest BCUT2D eigenvalue weighted by Gasteiger charge is 2.34. The quantitative estimate of drug-likeness (QED) is 0.229. The van der Waals surface area contributed by atoms with E-state index in [1.54, 1.807) is 11.3 Å². The van der Waals surface area contributed by atoms with Gasteiger partial charge in [0.05, 0.1) is 4.99 Å². The second-order valence-electron chi connectivity index (χ2n) is 10.8. The number of hydrogen-bond donors (Lipinski definition) is 0. The average Bonchev–Trinajstić information content (AvgIpc) is 3.78. The highest BCUT2D eigenvalue weighted by molar-refractivity contribution is 7.80. The summed E-state index contributed by atoms with van der Waals surface area (Å²) in [5.74, 6) is 2.10. The Morgan fingerprint density at radius 1 is 1.06 bits per heavy atom. The Balaban J connectivity index is 1.29. The minimum absolute atomic E-state index is 0.248. The minimum atomic E-state index is 0.248. The van der Waals surface area contributed by atoms with Crippen LogP contribution in [0.2, 0.25) is 0 Å². The molecule has 0 amide bonds. The summed E-state index contributed by atoms with van der Waals surface area (Å²) >= 11 is 7.69. The van der Waals surface area contributed by atoms with Crippen molar-refractivity contribution in [1.29, 1.82) is 0 Å². The zero-order valence-corrected chi connectivity index (χ0v) is 22.5. The first-order chi connectivity index (χ1) is 17.0. The number of Topliss-reactive ketones (excluding diaryl/α,β-unsaturated/α-hetero) is 2. The molecule has 1 aromatic carbocycles. The molecule has 186 valence electrons. The predicted molar refractivity (Wildman–Crippen MR) is 147 cm³/mol. The molecule has 2 aromatic rings. The summed E-state index contributed by atoms with van der Waals surface area (Å²) in [6, 6.07) is 10.5. The maximum atomic E-state index is 13.4. The smallest absolute Gasteiger partial charge is 0.164 e. The molecule has 0 saturated heterocycles. The van der Waals surface area contributed by atoms with E-state index in [4.69, 9.17) is 12.2 Å². The molecule has 0 N–H and O–H groups in total. The van der Waals surface area contributed by atoms with E-state index in [-0.39, 0.29) is 11.7 Å². The summed E-state index contributed by atoms with van der Waals surface area (Å²) in [4.78, 5) is 31.9. The van der Waals surface area contributed by atoms with Crippen molar-refractivity contribution in [2.75, 3.05) is 6.54 Å².